The van der Waals surface area contributed by atoms with Crippen LogP contribution >= 0.6 is 0 Å². The highest BCUT2D eigenvalue weighted by atomic mass is 16.1. The summed E-state index contributed by atoms with van der Waals surface area (Å²) in [6.07, 6.45) is 0. The van der Waals surface area contributed by atoms with Gasteiger partial charge in [-0.3, -0.25) is 4.79 Å². The van der Waals surface area contributed by atoms with Gasteiger partial charge in [-0.05, 0) is 57.0 Å². The number of carbonyl (C=O) groups excluding carboxylic acids is 1. The van der Waals surface area contributed by atoms with Gasteiger partial charge in [0.25, 0.3) is 5.91 Å². The van der Waals surface area contributed by atoms with Crippen LogP contribution in [0.25, 0.3) is 0 Å². The summed E-state index contributed by atoms with van der Waals surface area (Å²) >= 11 is 0. The van der Waals surface area contributed by atoms with Crippen molar-refractivity contribution in [2.24, 2.45) is 0 Å². The molecule has 3 aromatic rings. The topological polar surface area (TPSA) is 66.9 Å². The zero-order valence-corrected chi connectivity index (χ0v) is 15.4. The van der Waals surface area contributed by atoms with Crippen molar-refractivity contribution < 1.29 is 4.79 Å². The lowest BCUT2D eigenvalue weighted by Crippen LogP contribution is -2.17. The predicted molar refractivity (Wildman–Crippen MR) is 105 cm³/mol. The van der Waals surface area contributed by atoms with Crippen LogP contribution in [-0.2, 0) is 0 Å². The highest BCUT2D eigenvalue weighted by Crippen LogP contribution is 2.23. The fraction of sp³-hybridized carbons (Fsp3) is 0.190. The number of nitrogens with zero attached hydrogens (tertiary/aromatic N) is 2. The van der Waals surface area contributed by atoms with Gasteiger partial charge in [0.2, 0.25) is 5.95 Å². The van der Waals surface area contributed by atoms with E-state index in [1.165, 1.54) is 5.56 Å². The van der Waals surface area contributed by atoms with Gasteiger partial charge in [-0.1, -0.05) is 35.9 Å². The highest BCUT2D eigenvalue weighted by molar-refractivity contribution is 6.04. The van der Waals surface area contributed by atoms with Crippen molar-refractivity contribution in [1.29, 1.82) is 0 Å². The second-order valence-electron chi connectivity index (χ2n) is 6.44. The van der Waals surface area contributed by atoms with Gasteiger partial charge in [0.1, 0.15) is 5.69 Å². The third-order valence-electron chi connectivity index (χ3n) is 4.03. The lowest BCUT2D eigenvalue weighted by Gasteiger charge is -2.13. The Morgan fingerprint density at radius 2 is 1.54 bits per heavy atom. The SMILES string of the molecule is Cc1cc(C)c(NC(=O)c2cc(C)nc(Nc3ccccc3)n2)c(C)c1. The molecule has 0 spiro atoms. The van der Waals surface area contributed by atoms with Crippen molar-refractivity contribution in [3.8, 4) is 0 Å². The third-order valence-corrected chi connectivity index (χ3v) is 4.03. The number of rotatable bonds is 4. The van der Waals surface area contributed by atoms with E-state index >= 15 is 0 Å². The lowest BCUT2D eigenvalue weighted by molar-refractivity contribution is 0.102. The number of anilines is 3. The average molecular weight is 346 g/mol. The minimum Gasteiger partial charge on any atom is -0.324 e. The monoisotopic (exact) mass is 346 g/mol. The van der Waals surface area contributed by atoms with Gasteiger partial charge in [0.15, 0.2) is 0 Å². The molecule has 0 radical (unpaired) electrons. The zero-order valence-electron chi connectivity index (χ0n) is 15.4. The summed E-state index contributed by atoms with van der Waals surface area (Å²) in [6, 6.07) is 15.4. The summed E-state index contributed by atoms with van der Waals surface area (Å²) in [4.78, 5) is 21.5. The maximum atomic E-state index is 12.7. The fourth-order valence-electron chi connectivity index (χ4n) is 2.95. The molecule has 1 heterocycles. The molecule has 0 fully saturated rings. The van der Waals surface area contributed by atoms with Crippen molar-refractivity contribution in [2.45, 2.75) is 27.7 Å². The number of aryl methyl sites for hydroxylation is 4. The fourth-order valence-corrected chi connectivity index (χ4v) is 2.95. The van der Waals surface area contributed by atoms with Crippen LogP contribution in [0.3, 0.4) is 0 Å². The van der Waals surface area contributed by atoms with E-state index in [1.54, 1.807) is 6.07 Å². The molecular weight excluding hydrogens is 324 g/mol. The van der Waals surface area contributed by atoms with Gasteiger partial charge in [-0.15, -0.1) is 0 Å². The standard InChI is InChI=1S/C21H22N4O/c1-13-10-14(2)19(15(3)11-13)25-20(26)18-12-16(4)22-21(24-18)23-17-8-6-5-7-9-17/h5-12H,1-4H3,(H,25,26)(H,22,23,24). The van der Waals surface area contributed by atoms with E-state index in [2.05, 4.69) is 32.7 Å². The average Bonchev–Trinajstić information content (AvgIpc) is 2.58. The number of hydrogen-bond donors (Lipinski definition) is 2. The molecule has 132 valence electrons. The van der Waals surface area contributed by atoms with Gasteiger partial charge in [0.05, 0.1) is 0 Å². The minimum atomic E-state index is -0.248. The molecule has 0 atom stereocenters. The second-order valence-corrected chi connectivity index (χ2v) is 6.44. The molecule has 0 aliphatic heterocycles. The number of carbonyl (C=O) groups is 1. The Kier molecular flexibility index (Phi) is 4.98. The van der Waals surface area contributed by atoms with Gasteiger partial charge in [-0.25, -0.2) is 9.97 Å². The molecule has 1 amide bonds. The molecule has 2 N–H and O–H groups in total. The van der Waals surface area contributed by atoms with E-state index in [9.17, 15) is 4.79 Å². The molecule has 0 saturated carbocycles. The first-order valence-electron chi connectivity index (χ1n) is 8.49. The molecule has 3 rings (SSSR count). The van der Waals surface area contributed by atoms with Crippen molar-refractivity contribution in [3.05, 3.63) is 76.6 Å². The highest BCUT2D eigenvalue weighted by Gasteiger charge is 2.14. The molecule has 0 aliphatic rings. The van der Waals surface area contributed by atoms with E-state index in [0.717, 1.165) is 28.2 Å². The normalized spacial score (nSPS) is 10.5. The second kappa shape index (κ2) is 7.35. The Balaban J connectivity index is 1.86. The van der Waals surface area contributed by atoms with Gasteiger partial charge in [0, 0.05) is 17.1 Å². The summed E-state index contributed by atoms with van der Waals surface area (Å²) in [5.74, 6) is 0.153. The molecule has 0 bridgehead atoms. The third kappa shape index (κ3) is 4.06. The van der Waals surface area contributed by atoms with Gasteiger partial charge in [-0.2, -0.15) is 0 Å². The number of benzene rings is 2. The Hall–Kier alpha value is -3.21. The van der Waals surface area contributed by atoms with Gasteiger partial charge >= 0.3 is 0 Å². The summed E-state index contributed by atoms with van der Waals surface area (Å²) in [5, 5.41) is 6.12. The Morgan fingerprint density at radius 3 is 2.19 bits per heavy atom. The van der Waals surface area contributed by atoms with E-state index < -0.39 is 0 Å². The molecule has 0 unspecified atom stereocenters. The van der Waals surface area contributed by atoms with Crippen molar-refractivity contribution in [3.63, 3.8) is 0 Å². The van der Waals surface area contributed by atoms with Crippen LogP contribution < -0.4 is 10.6 Å². The van der Waals surface area contributed by atoms with E-state index in [-0.39, 0.29) is 5.91 Å². The summed E-state index contributed by atoms with van der Waals surface area (Å²) < 4.78 is 0. The molecular formula is C21H22N4O. The van der Waals surface area contributed by atoms with Crippen molar-refractivity contribution in [1.82, 2.24) is 9.97 Å². The molecule has 5 heteroatoms. The smallest absolute Gasteiger partial charge is 0.274 e. The van der Waals surface area contributed by atoms with Crippen LogP contribution in [0.15, 0.2) is 48.5 Å². The van der Waals surface area contributed by atoms with E-state index in [1.807, 2.05) is 58.0 Å². The number of hydrogen-bond acceptors (Lipinski definition) is 4. The lowest BCUT2D eigenvalue weighted by atomic mass is 10.0. The van der Waals surface area contributed by atoms with Gasteiger partial charge < -0.3 is 10.6 Å². The number of nitrogens with one attached hydrogen (secondary N) is 2. The van der Waals surface area contributed by atoms with Crippen molar-refractivity contribution in [2.75, 3.05) is 10.6 Å². The zero-order chi connectivity index (χ0) is 18.7. The first-order valence-corrected chi connectivity index (χ1v) is 8.49. The molecule has 0 saturated heterocycles. The Labute approximate surface area is 153 Å². The Morgan fingerprint density at radius 1 is 0.885 bits per heavy atom. The van der Waals surface area contributed by atoms with Crippen LogP contribution in [-0.4, -0.2) is 15.9 Å². The van der Waals surface area contributed by atoms with Crippen LogP contribution in [0.1, 0.15) is 32.9 Å². The number of para-hydroxylation sites is 1. The molecule has 5 nitrogen and oxygen atoms in total. The predicted octanol–water partition coefficient (Wildman–Crippen LogP) is 4.71. The molecule has 1 aromatic heterocycles. The number of amides is 1. The minimum absolute atomic E-state index is 0.248. The van der Waals surface area contributed by atoms with Crippen molar-refractivity contribution >= 4 is 23.2 Å². The van der Waals surface area contributed by atoms with E-state index in [4.69, 9.17) is 0 Å². The molecule has 0 aliphatic carbocycles. The van der Waals surface area contributed by atoms with E-state index in [0.29, 0.717) is 11.6 Å². The van der Waals surface area contributed by atoms with Crippen LogP contribution in [0.4, 0.5) is 17.3 Å². The summed E-state index contributed by atoms with van der Waals surface area (Å²) in [5.41, 5.74) is 5.99. The maximum Gasteiger partial charge on any atom is 0.274 e. The number of aromatic nitrogens is 2. The first-order chi connectivity index (χ1) is 12.4. The maximum absolute atomic E-state index is 12.7. The summed E-state index contributed by atoms with van der Waals surface area (Å²) in [7, 11) is 0. The van der Waals surface area contributed by atoms with Crippen LogP contribution in [0.5, 0.6) is 0 Å². The quantitative estimate of drug-likeness (QED) is 0.718. The largest absolute Gasteiger partial charge is 0.324 e. The summed E-state index contributed by atoms with van der Waals surface area (Å²) in [6.45, 7) is 7.87. The van der Waals surface area contributed by atoms with Crippen LogP contribution in [0, 0.1) is 27.7 Å². The first kappa shape index (κ1) is 17.6. The molecule has 2 aromatic carbocycles. The Bertz CT molecular complexity index is 928. The van der Waals surface area contributed by atoms with Crippen LogP contribution in [0.2, 0.25) is 0 Å². The molecule has 26 heavy (non-hydrogen) atoms.